The summed E-state index contributed by atoms with van der Waals surface area (Å²) in [6, 6.07) is 0. The lowest BCUT2D eigenvalue weighted by molar-refractivity contribution is 0.199. The fourth-order valence-electron chi connectivity index (χ4n) is 1.15. The SMILES string of the molecule is COCCNC[C@@H]1C[C@H]1C.Cl. The van der Waals surface area contributed by atoms with E-state index in [1.54, 1.807) is 7.11 Å². The van der Waals surface area contributed by atoms with Gasteiger partial charge >= 0.3 is 0 Å². The van der Waals surface area contributed by atoms with E-state index in [1.807, 2.05) is 0 Å². The second-order valence-corrected chi connectivity index (χ2v) is 3.17. The van der Waals surface area contributed by atoms with Crippen molar-refractivity contribution in [3.63, 3.8) is 0 Å². The van der Waals surface area contributed by atoms with Crippen LogP contribution in [0.1, 0.15) is 13.3 Å². The van der Waals surface area contributed by atoms with Crippen LogP contribution in [0.5, 0.6) is 0 Å². The first-order valence-electron chi connectivity index (χ1n) is 4.04. The van der Waals surface area contributed by atoms with Crippen molar-refractivity contribution in [3.8, 4) is 0 Å². The molecule has 2 atom stereocenters. The number of nitrogens with one attached hydrogen (secondary N) is 1. The molecule has 0 aromatic carbocycles. The van der Waals surface area contributed by atoms with Crippen LogP contribution < -0.4 is 5.32 Å². The third kappa shape index (κ3) is 4.62. The first kappa shape index (κ1) is 11.2. The fraction of sp³-hybridized carbons (Fsp3) is 1.00. The molecule has 0 spiro atoms. The molecule has 0 amide bonds. The van der Waals surface area contributed by atoms with Crippen LogP contribution in [-0.2, 0) is 4.74 Å². The maximum Gasteiger partial charge on any atom is 0.0587 e. The van der Waals surface area contributed by atoms with Gasteiger partial charge < -0.3 is 10.1 Å². The van der Waals surface area contributed by atoms with Crippen LogP contribution in [0.3, 0.4) is 0 Å². The van der Waals surface area contributed by atoms with E-state index in [4.69, 9.17) is 4.74 Å². The summed E-state index contributed by atoms with van der Waals surface area (Å²) in [6.07, 6.45) is 1.42. The Kier molecular flexibility index (Phi) is 5.92. The Morgan fingerprint density at radius 1 is 1.55 bits per heavy atom. The van der Waals surface area contributed by atoms with E-state index in [9.17, 15) is 0 Å². The molecule has 0 aliphatic heterocycles. The summed E-state index contributed by atoms with van der Waals surface area (Å²) < 4.78 is 4.91. The molecule has 0 heterocycles. The van der Waals surface area contributed by atoms with E-state index >= 15 is 0 Å². The van der Waals surface area contributed by atoms with Crippen LogP contribution in [0.4, 0.5) is 0 Å². The molecule has 11 heavy (non-hydrogen) atoms. The zero-order chi connectivity index (χ0) is 7.40. The van der Waals surface area contributed by atoms with Gasteiger partial charge in [-0.3, -0.25) is 0 Å². The van der Waals surface area contributed by atoms with Crippen molar-refractivity contribution in [1.82, 2.24) is 5.32 Å². The van der Waals surface area contributed by atoms with Crippen molar-refractivity contribution in [2.45, 2.75) is 13.3 Å². The molecule has 1 N–H and O–H groups in total. The van der Waals surface area contributed by atoms with Gasteiger partial charge in [0, 0.05) is 13.7 Å². The number of methoxy groups -OCH3 is 1. The van der Waals surface area contributed by atoms with Gasteiger partial charge in [0.25, 0.3) is 0 Å². The highest BCUT2D eigenvalue weighted by atomic mass is 35.5. The van der Waals surface area contributed by atoms with Crippen molar-refractivity contribution < 1.29 is 4.74 Å². The smallest absolute Gasteiger partial charge is 0.0587 e. The summed E-state index contributed by atoms with van der Waals surface area (Å²) in [4.78, 5) is 0. The molecule has 68 valence electrons. The topological polar surface area (TPSA) is 21.3 Å². The summed E-state index contributed by atoms with van der Waals surface area (Å²) in [5.41, 5.74) is 0. The molecule has 0 aromatic rings. The van der Waals surface area contributed by atoms with Gasteiger partial charge in [-0.25, -0.2) is 0 Å². The molecule has 0 aromatic heterocycles. The third-order valence-electron chi connectivity index (χ3n) is 2.17. The molecule has 1 saturated carbocycles. The largest absolute Gasteiger partial charge is 0.383 e. The number of rotatable bonds is 5. The highest BCUT2D eigenvalue weighted by Gasteiger charge is 2.31. The van der Waals surface area contributed by atoms with E-state index in [2.05, 4.69) is 12.2 Å². The maximum atomic E-state index is 4.91. The molecule has 2 nitrogen and oxygen atoms in total. The Balaban J connectivity index is 0.000001000. The van der Waals surface area contributed by atoms with Gasteiger partial charge in [0.1, 0.15) is 0 Å². The molecule has 0 radical (unpaired) electrons. The molecule has 1 aliphatic rings. The van der Waals surface area contributed by atoms with Gasteiger partial charge in [-0.1, -0.05) is 6.92 Å². The predicted molar refractivity (Wildman–Crippen MR) is 49.3 cm³/mol. The van der Waals surface area contributed by atoms with E-state index in [0.717, 1.165) is 25.0 Å². The van der Waals surface area contributed by atoms with E-state index in [-0.39, 0.29) is 12.4 Å². The molecule has 3 heteroatoms. The number of hydrogen-bond acceptors (Lipinski definition) is 2. The summed E-state index contributed by atoms with van der Waals surface area (Å²) in [5, 5.41) is 3.35. The minimum absolute atomic E-state index is 0. The lowest BCUT2D eigenvalue weighted by Crippen LogP contribution is -2.21. The van der Waals surface area contributed by atoms with Crippen LogP contribution >= 0.6 is 12.4 Å². The van der Waals surface area contributed by atoms with Crippen LogP contribution in [0.2, 0.25) is 0 Å². The van der Waals surface area contributed by atoms with Gasteiger partial charge in [-0.15, -0.1) is 12.4 Å². The summed E-state index contributed by atoms with van der Waals surface area (Å²) in [5.74, 6) is 1.92. The Labute approximate surface area is 75.1 Å². The molecule has 0 bridgehead atoms. The Hall–Kier alpha value is 0.210. The van der Waals surface area contributed by atoms with Gasteiger partial charge in [-0.05, 0) is 24.8 Å². The molecule has 1 aliphatic carbocycles. The van der Waals surface area contributed by atoms with Crippen molar-refractivity contribution in [2.75, 3.05) is 26.8 Å². The van der Waals surface area contributed by atoms with Crippen molar-refractivity contribution in [2.24, 2.45) is 11.8 Å². The monoisotopic (exact) mass is 179 g/mol. The van der Waals surface area contributed by atoms with Crippen molar-refractivity contribution in [3.05, 3.63) is 0 Å². The Morgan fingerprint density at radius 3 is 2.64 bits per heavy atom. The number of hydrogen-bond donors (Lipinski definition) is 1. The lowest BCUT2D eigenvalue weighted by Gasteiger charge is -2.01. The van der Waals surface area contributed by atoms with Crippen LogP contribution in [0.25, 0.3) is 0 Å². The Bertz CT molecular complexity index is 100. The second-order valence-electron chi connectivity index (χ2n) is 3.17. The molecule has 1 fully saturated rings. The average molecular weight is 180 g/mol. The number of ether oxygens (including phenoxy) is 1. The average Bonchev–Trinajstić information content (AvgIpc) is 2.60. The highest BCUT2D eigenvalue weighted by molar-refractivity contribution is 5.85. The minimum Gasteiger partial charge on any atom is -0.383 e. The summed E-state index contributed by atoms with van der Waals surface area (Å²) >= 11 is 0. The molecular formula is C8H18ClNO. The van der Waals surface area contributed by atoms with Crippen LogP contribution in [0.15, 0.2) is 0 Å². The number of halogens is 1. The quantitative estimate of drug-likeness (QED) is 0.643. The van der Waals surface area contributed by atoms with Gasteiger partial charge in [0.05, 0.1) is 6.61 Å². The second kappa shape index (κ2) is 5.81. The fourth-order valence-corrected chi connectivity index (χ4v) is 1.15. The third-order valence-corrected chi connectivity index (χ3v) is 2.17. The normalized spacial score (nSPS) is 27.8. The summed E-state index contributed by atoms with van der Waals surface area (Å²) in [6.45, 7) is 5.33. The molecular weight excluding hydrogens is 162 g/mol. The van der Waals surface area contributed by atoms with E-state index in [0.29, 0.717) is 0 Å². The first-order valence-corrected chi connectivity index (χ1v) is 4.04. The van der Waals surface area contributed by atoms with Crippen LogP contribution in [0, 0.1) is 11.8 Å². The maximum absolute atomic E-state index is 4.91. The highest BCUT2D eigenvalue weighted by Crippen LogP contribution is 2.36. The molecule has 0 saturated heterocycles. The van der Waals surface area contributed by atoms with Gasteiger partial charge in [-0.2, -0.15) is 0 Å². The van der Waals surface area contributed by atoms with Crippen molar-refractivity contribution >= 4 is 12.4 Å². The first-order chi connectivity index (χ1) is 4.84. The standard InChI is InChI=1S/C8H17NO.ClH/c1-7-5-8(7)6-9-3-4-10-2;/h7-9H,3-6H2,1-2H3;1H/t7-,8+;/m1./s1. The van der Waals surface area contributed by atoms with Gasteiger partial charge in [0.15, 0.2) is 0 Å². The predicted octanol–water partition coefficient (Wildman–Crippen LogP) is 1.30. The minimum atomic E-state index is 0. The van der Waals surface area contributed by atoms with Gasteiger partial charge in [0.2, 0.25) is 0 Å². The molecule has 1 rings (SSSR count). The van der Waals surface area contributed by atoms with Crippen molar-refractivity contribution in [1.29, 1.82) is 0 Å². The zero-order valence-corrected chi connectivity index (χ0v) is 8.12. The van der Waals surface area contributed by atoms with E-state index in [1.165, 1.54) is 13.0 Å². The lowest BCUT2D eigenvalue weighted by atomic mass is 10.3. The van der Waals surface area contributed by atoms with E-state index < -0.39 is 0 Å². The molecule has 0 unspecified atom stereocenters. The Morgan fingerprint density at radius 2 is 2.18 bits per heavy atom. The zero-order valence-electron chi connectivity index (χ0n) is 7.30. The summed E-state index contributed by atoms with van der Waals surface area (Å²) in [7, 11) is 1.74. The van der Waals surface area contributed by atoms with Crippen LogP contribution in [-0.4, -0.2) is 26.8 Å².